The highest BCUT2D eigenvalue weighted by molar-refractivity contribution is 7.21. The molecule has 0 saturated heterocycles. The van der Waals surface area contributed by atoms with Crippen molar-refractivity contribution in [1.29, 1.82) is 0 Å². The monoisotopic (exact) mass is 308 g/mol. The van der Waals surface area contributed by atoms with Gasteiger partial charge in [-0.1, -0.05) is 0 Å². The van der Waals surface area contributed by atoms with Crippen molar-refractivity contribution >= 4 is 33.1 Å². The third-order valence-electron chi connectivity index (χ3n) is 3.56. The number of rotatable bonds is 5. The van der Waals surface area contributed by atoms with Crippen LogP contribution in [0.15, 0.2) is 0 Å². The minimum Gasteiger partial charge on any atom is -0.397 e. The maximum absolute atomic E-state index is 12.6. The molecule has 2 N–H and O–H groups in total. The van der Waals surface area contributed by atoms with Crippen LogP contribution in [0, 0.1) is 13.8 Å². The molecule has 0 radical (unpaired) electrons. The SMILES string of the molecule is CCN(CCOC)C(=O)c1sc2nnc(C)c(C)c2c1N. The first-order valence-corrected chi connectivity index (χ1v) is 7.62. The number of nitrogen functional groups attached to an aromatic ring is 1. The highest BCUT2D eigenvalue weighted by Gasteiger charge is 2.23. The largest absolute Gasteiger partial charge is 0.397 e. The van der Waals surface area contributed by atoms with E-state index in [1.807, 2.05) is 20.8 Å². The van der Waals surface area contributed by atoms with Crippen molar-refractivity contribution in [3.05, 3.63) is 16.1 Å². The maximum Gasteiger partial charge on any atom is 0.266 e. The average Bonchev–Trinajstić information content (AvgIpc) is 2.81. The molecular formula is C14H20N4O2S. The Labute approximate surface area is 127 Å². The Hall–Kier alpha value is -1.73. The van der Waals surface area contributed by atoms with E-state index < -0.39 is 0 Å². The first kappa shape index (κ1) is 15.7. The Morgan fingerprint density at radius 1 is 1.38 bits per heavy atom. The van der Waals surface area contributed by atoms with E-state index in [0.29, 0.717) is 35.1 Å². The Balaban J connectivity index is 2.44. The molecule has 7 heteroatoms. The molecule has 6 nitrogen and oxygen atoms in total. The number of hydrogen-bond donors (Lipinski definition) is 1. The van der Waals surface area contributed by atoms with Crippen LogP contribution in [-0.4, -0.2) is 47.8 Å². The molecule has 2 aromatic rings. The zero-order valence-corrected chi connectivity index (χ0v) is 13.6. The van der Waals surface area contributed by atoms with Crippen LogP contribution in [-0.2, 0) is 4.74 Å². The molecule has 0 saturated carbocycles. The number of amides is 1. The van der Waals surface area contributed by atoms with Gasteiger partial charge in [0.1, 0.15) is 9.71 Å². The molecule has 2 aromatic heterocycles. The lowest BCUT2D eigenvalue weighted by Crippen LogP contribution is -2.33. The predicted octanol–water partition coefficient (Wildman–Crippen LogP) is 2.00. The summed E-state index contributed by atoms with van der Waals surface area (Å²) in [5, 5.41) is 9.09. The van der Waals surface area contributed by atoms with Crippen LogP contribution in [0.5, 0.6) is 0 Å². The van der Waals surface area contributed by atoms with Crippen LogP contribution in [0.2, 0.25) is 0 Å². The summed E-state index contributed by atoms with van der Waals surface area (Å²) in [6, 6.07) is 0. The Morgan fingerprint density at radius 2 is 2.10 bits per heavy atom. The quantitative estimate of drug-likeness (QED) is 0.913. The van der Waals surface area contributed by atoms with Crippen LogP contribution in [0.3, 0.4) is 0 Å². The number of aromatic nitrogens is 2. The van der Waals surface area contributed by atoms with Gasteiger partial charge in [0.15, 0.2) is 0 Å². The highest BCUT2D eigenvalue weighted by Crippen LogP contribution is 2.35. The summed E-state index contributed by atoms with van der Waals surface area (Å²) in [5.74, 6) is -0.0768. The van der Waals surface area contributed by atoms with E-state index >= 15 is 0 Å². The second kappa shape index (κ2) is 6.36. The normalized spacial score (nSPS) is 11.0. The highest BCUT2D eigenvalue weighted by atomic mass is 32.1. The molecule has 0 spiro atoms. The number of nitrogens with zero attached hydrogens (tertiary/aromatic N) is 3. The van der Waals surface area contributed by atoms with Crippen LogP contribution in [0.25, 0.3) is 10.2 Å². The number of methoxy groups -OCH3 is 1. The minimum absolute atomic E-state index is 0.0768. The second-order valence-corrected chi connectivity index (χ2v) is 5.81. The van der Waals surface area contributed by atoms with Crippen molar-refractivity contribution in [1.82, 2.24) is 15.1 Å². The molecule has 0 fully saturated rings. The summed E-state index contributed by atoms with van der Waals surface area (Å²) in [6.07, 6.45) is 0. The molecular weight excluding hydrogens is 288 g/mol. The number of hydrogen-bond acceptors (Lipinski definition) is 6. The maximum atomic E-state index is 12.6. The first-order chi connectivity index (χ1) is 10.0. The number of carbonyl (C=O) groups is 1. The summed E-state index contributed by atoms with van der Waals surface area (Å²) >= 11 is 1.30. The number of fused-ring (bicyclic) bond motifs is 1. The van der Waals surface area contributed by atoms with Gasteiger partial charge < -0.3 is 15.4 Å². The summed E-state index contributed by atoms with van der Waals surface area (Å²) in [5.41, 5.74) is 8.51. The van der Waals surface area contributed by atoms with Crippen molar-refractivity contribution in [2.75, 3.05) is 32.5 Å². The van der Waals surface area contributed by atoms with Crippen molar-refractivity contribution in [3.8, 4) is 0 Å². The summed E-state index contributed by atoms with van der Waals surface area (Å²) in [6.45, 7) is 7.43. The van der Waals surface area contributed by atoms with E-state index in [1.165, 1.54) is 11.3 Å². The summed E-state index contributed by atoms with van der Waals surface area (Å²) in [4.78, 5) is 15.6. The van der Waals surface area contributed by atoms with E-state index in [9.17, 15) is 4.79 Å². The van der Waals surface area contributed by atoms with E-state index in [2.05, 4.69) is 10.2 Å². The number of anilines is 1. The van der Waals surface area contributed by atoms with Gasteiger partial charge in [0.2, 0.25) is 0 Å². The zero-order chi connectivity index (χ0) is 15.6. The van der Waals surface area contributed by atoms with Gasteiger partial charge in [0, 0.05) is 25.6 Å². The van der Waals surface area contributed by atoms with E-state index in [4.69, 9.17) is 10.5 Å². The number of nitrogens with two attached hydrogens (primary N) is 1. The summed E-state index contributed by atoms with van der Waals surface area (Å²) < 4.78 is 5.04. The number of thiophene rings is 1. The van der Waals surface area contributed by atoms with E-state index in [0.717, 1.165) is 16.6 Å². The summed E-state index contributed by atoms with van der Waals surface area (Å²) in [7, 11) is 1.62. The molecule has 114 valence electrons. The Morgan fingerprint density at radius 3 is 2.71 bits per heavy atom. The molecule has 0 aliphatic carbocycles. The number of ether oxygens (including phenoxy) is 1. The number of aryl methyl sites for hydroxylation is 2. The molecule has 0 atom stereocenters. The smallest absolute Gasteiger partial charge is 0.266 e. The van der Waals surface area contributed by atoms with Gasteiger partial charge in [0.25, 0.3) is 5.91 Å². The molecule has 2 rings (SSSR count). The van der Waals surface area contributed by atoms with Crippen molar-refractivity contribution < 1.29 is 9.53 Å². The van der Waals surface area contributed by atoms with Gasteiger partial charge in [-0.15, -0.1) is 16.4 Å². The third kappa shape index (κ3) is 2.84. The zero-order valence-electron chi connectivity index (χ0n) is 12.8. The average molecular weight is 308 g/mol. The van der Waals surface area contributed by atoms with Gasteiger partial charge in [-0.05, 0) is 26.3 Å². The molecule has 0 aliphatic rings. The van der Waals surface area contributed by atoms with Crippen LogP contribution < -0.4 is 5.73 Å². The molecule has 0 aliphatic heterocycles. The number of carbonyl (C=O) groups excluding carboxylic acids is 1. The lowest BCUT2D eigenvalue weighted by Gasteiger charge is -2.19. The van der Waals surface area contributed by atoms with Crippen molar-refractivity contribution in [2.45, 2.75) is 20.8 Å². The topological polar surface area (TPSA) is 81.3 Å². The Kier molecular flexibility index (Phi) is 4.74. The lowest BCUT2D eigenvalue weighted by molar-refractivity contribution is 0.0712. The molecule has 0 unspecified atom stereocenters. The van der Waals surface area contributed by atoms with Crippen LogP contribution in [0.1, 0.15) is 27.9 Å². The molecule has 1 amide bonds. The van der Waals surface area contributed by atoms with Gasteiger partial charge in [-0.3, -0.25) is 4.79 Å². The van der Waals surface area contributed by atoms with Gasteiger partial charge in [-0.2, -0.15) is 5.10 Å². The lowest BCUT2D eigenvalue weighted by atomic mass is 10.1. The van der Waals surface area contributed by atoms with Crippen molar-refractivity contribution in [2.24, 2.45) is 0 Å². The van der Waals surface area contributed by atoms with E-state index in [-0.39, 0.29) is 5.91 Å². The molecule has 0 bridgehead atoms. The second-order valence-electron chi connectivity index (χ2n) is 4.81. The molecule has 0 aromatic carbocycles. The van der Waals surface area contributed by atoms with Gasteiger partial charge in [0.05, 0.1) is 18.0 Å². The first-order valence-electron chi connectivity index (χ1n) is 6.81. The van der Waals surface area contributed by atoms with Gasteiger partial charge in [-0.25, -0.2) is 0 Å². The fourth-order valence-corrected chi connectivity index (χ4v) is 3.22. The van der Waals surface area contributed by atoms with E-state index in [1.54, 1.807) is 12.0 Å². The molecule has 2 heterocycles. The number of likely N-dealkylation sites (N-methyl/N-ethyl adjacent to an activating group) is 1. The van der Waals surface area contributed by atoms with Gasteiger partial charge >= 0.3 is 0 Å². The molecule has 21 heavy (non-hydrogen) atoms. The predicted molar refractivity (Wildman–Crippen MR) is 84.8 cm³/mol. The fourth-order valence-electron chi connectivity index (χ4n) is 2.15. The Bertz CT molecular complexity index is 669. The fraction of sp³-hybridized carbons (Fsp3) is 0.500. The van der Waals surface area contributed by atoms with Crippen LogP contribution in [0.4, 0.5) is 5.69 Å². The minimum atomic E-state index is -0.0768. The van der Waals surface area contributed by atoms with Crippen LogP contribution >= 0.6 is 11.3 Å². The van der Waals surface area contributed by atoms with Crippen molar-refractivity contribution in [3.63, 3.8) is 0 Å². The third-order valence-corrected chi connectivity index (χ3v) is 4.64. The standard InChI is InChI=1S/C14H20N4O2S/c1-5-18(6-7-20-4)14(19)12-11(15)10-8(2)9(3)16-17-13(10)21-12/h5-7,15H2,1-4H3.